The number of ketones is 1. The van der Waals surface area contributed by atoms with Crippen molar-refractivity contribution in [2.45, 2.75) is 6.42 Å². The van der Waals surface area contributed by atoms with E-state index in [2.05, 4.69) is 22.6 Å². The highest BCUT2D eigenvalue weighted by Gasteiger charge is 2.12. The number of hydrogen-bond donors (Lipinski definition) is 0. The van der Waals surface area contributed by atoms with Gasteiger partial charge in [0.2, 0.25) is 0 Å². The average molecular weight is 375 g/mol. The molecule has 0 atom stereocenters. The third kappa shape index (κ3) is 3.09. The smallest absolute Gasteiger partial charge is 0.168 e. The van der Waals surface area contributed by atoms with Crippen LogP contribution in [0.25, 0.3) is 0 Å². The number of carbonyl (C=O) groups excluding carboxylic acids is 1. The SMILES string of the molecule is O=C(Cc1ccc(Cl)cc1F)c1ccccc1I. The van der Waals surface area contributed by atoms with Crippen molar-refractivity contribution in [2.24, 2.45) is 0 Å². The standard InChI is InChI=1S/C14H9ClFIO/c15-10-6-5-9(12(16)8-10)7-14(18)11-3-1-2-4-13(11)17/h1-6,8H,7H2. The maximum atomic E-state index is 13.6. The molecule has 0 spiro atoms. The molecule has 0 saturated heterocycles. The van der Waals surface area contributed by atoms with E-state index in [0.29, 0.717) is 16.1 Å². The molecule has 2 rings (SSSR count). The van der Waals surface area contributed by atoms with Crippen molar-refractivity contribution >= 4 is 40.0 Å². The van der Waals surface area contributed by atoms with Gasteiger partial charge in [0.1, 0.15) is 5.82 Å². The minimum Gasteiger partial charge on any atom is -0.294 e. The molecule has 0 radical (unpaired) electrons. The van der Waals surface area contributed by atoms with Gasteiger partial charge in [-0.15, -0.1) is 0 Å². The van der Waals surface area contributed by atoms with Crippen LogP contribution in [0.5, 0.6) is 0 Å². The predicted octanol–water partition coefficient (Wildman–Crippen LogP) is 4.51. The van der Waals surface area contributed by atoms with Crippen molar-refractivity contribution in [1.82, 2.24) is 0 Å². The van der Waals surface area contributed by atoms with Crippen LogP contribution in [0.1, 0.15) is 15.9 Å². The first kappa shape index (κ1) is 13.5. The summed E-state index contributed by atoms with van der Waals surface area (Å²) in [6, 6.07) is 11.6. The summed E-state index contributed by atoms with van der Waals surface area (Å²) < 4.78 is 14.5. The third-order valence-electron chi connectivity index (χ3n) is 2.54. The number of Topliss-reactive ketones (excluding diaryl/α,β-unsaturated/α-hetero) is 1. The molecule has 1 nitrogen and oxygen atoms in total. The predicted molar refractivity (Wildman–Crippen MR) is 78.6 cm³/mol. The lowest BCUT2D eigenvalue weighted by Crippen LogP contribution is -2.06. The second-order valence-corrected chi connectivity index (χ2v) is 5.41. The molecular formula is C14H9ClFIO. The highest BCUT2D eigenvalue weighted by atomic mass is 127. The van der Waals surface area contributed by atoms with Crippen molar-refractivity contribution in [2.75, 3.05) is 0 Å². The summed E-state index contributed by atoms with van der Waals surface area (Å²) in [5.41, 5.74) is 0.983. The third-order valence-corrected chi connectivity index (χ3v) is 3.72. The van der Waals surface area contributed by atoms with E-state index >= 15 is 0 Å². The maximum absolute atomic E-state index is 13.6. The maximum Gasteiger partial charge on any atom is 0.168 e. The van der Waals surface area contributed by atoms with Crippen LogP contribution >= 0.6 is 34.2 Å². The molecule has 0 heterocycles. The number of carbonyl (C=O) groups is 1. The molecule has 0 aromatic heterocycles. The van der Waals surface area contributed by atoms with Gasteiger partial charge >= 0.3 is 0 Å². The Morgan fingerprint density at radius 3 is 2.61 bits per heavy atom. The Balaban J connectivity index is 2.24. The van der Waals surface area contributed by atoms with E-state index in [0.717, 1.165) is 3.57 Å². The van der Waals surface area contributed by atoms with Crippen molar-refractivity contribution in [3.05, 3.63) is 68.0 Å². The zero-order valence-electron chi connectivity index (χ0n) is 9.29. The van der Waals surface area contributed by atoms with Crippen LogP contribution in [-0.2, 0) is 6.42 Å². The normalized spacial score (nSPS) is 10.4. The fourth-order valence-electron chi connectivity index (χ4n) is 1.62. The highest BCUT2D eigenvalue weighted by molar-refractivity contribution is 14.1. The molecule has 2 aromatic rings. The molecule has 0 aliphatic heterocycles. The topological polar surface area (TPSA) is 17.1 Å². The second-order valence-electron chi connectivity index (χ2n) is 3.82. The molecule has 4 heteroatoms. The Bertz CT molecular complexity index is 598. The van der Waals surface area contributed by atoms with E-state index in [-0.39, 0.29) is 12.2 Å². The second kappa shape index (κ2) is 5.80. The number of benzene rings is 2. The fraction of sp³-hybridized carbons (Fsp3) is 0.0714. The monoisotopic (exact) mass is 374 g/mol. The van der Waals surface area contributed by atoms with Crippen molar-refractivity contribution < 1.29 is 9.18 Å². The summed E-state index contributed by atoms with van der Waals surface area (Å²) in [6.07, 6.45) is 0.0447. The van der Waals surface area contributed by atoms with Crippen molar-refractivity contribution in [1.29, 1.82) is 0 Å². The molecule has 0 fully saturated rings. The van der Waals surface area contributed by atoms with Crippen LogP contribution in [0.3, 0.4) is 0 Å². The lowest BCUT2D eigenvalue weighted by molar-refractivity contribution is 0.0991. The highest BCUT2D eigenvalue weighted by Crippen LogP contribution is 2.18. The van der Waals surface area contributed by atoms with Crippen LogP contribution in [0.15, 0.2) is 42.5 Å². The Morgan fingerprint density at radius 1 is 1.22 bits per heavy atom. The number of hydrogen-bond acceptors (Lipinski definition) is 1. The van der Waals surface area contributed by atoms with Gasteiger partial charge in [0.25, 0.3) is 0 Å². The van der Waals surface area contributed by atoms with Crippen LogP contribution in [0, 0.1) is 9.39 Å². The van der Waals surface area contributed by atoms with Gasteiger partial charge in [0, 0.05) is 20.6 Å². The van der Waals surface area contributed by atoms with E-state index in [4.69, 9.17) is 11.6 Å². The Kier molecular flexibility index (Phi) is 4.35. The summed E-state index contributed by atoms with van der Waals surface area (Å²) in [6.45, 7) is 0. The van der Waals surface area contributed by atoms with Gasteiger partial charge in [-0.05, 0) is 46.4 Å². The van der Waals surface area contributed by atoms with E-state index < -0.39 is 5.82 Å². The van der Waals surface area contributed by atoms with E-state index in [1.165, 1.54) is 6.07 Å². The van der Waals surface area contributed by atoms with Gasteiger partial charge in [0.05, 0.1) is 0 Å². The Morgan fingerprint density at radius 2 is 1.94 bits per heavy atom. The van der Waals surface area contributed by atoms with Gasteiger partial charge in [0.15, 0.2) is 5.78 Å². The summed E-state index contributed by atoms with van der Waals surface area (Å²) in [7, 11) is 0. The quantitative estimate of drug-likeness (QED) is 0.571. The first-order valence-corrected chi connectivity index (χ1v) is 6.75. The molecule has 0 amide bonds. The fourth-order valence-corrected chi connectivity index (χ4v) is 2.47. The molecule has 0 aliphatic carbocycles. The first-order chi connectivity index (χ1) is 8.58. The van der Waals surface area contributed by atoms with Gasteiger partial charge < -0.3 is 0 Å². The van der Waals surface area contributed by atoms with Gasteiger partial charge in [-0.3, -0.25) is 4.79 Å². The van der Waals surface area contributed by atoms with Gasteiger partial charge in [-0.2, -0.15) is 0 Å². The van der Waals surface area contributed by atoms with Crippen molar-refractivity contribution in [3.8, 4) is 0 Å². The number of halogens is 3. The average Bonchev–Trinajstić information content (AvgIpc) is 2.33. The molecule has 0 bridgehead atoms. The zero-order chi connectivity index (χ0) is 13.1. The van der Waals surface area contributed by atoms with Gasteiger partial charge in [-0.1, -0.05) is 35.9 Å². The van der Waals surface area contributed by atoms with E-state index in [1.807, 2.05) is 12.1 Å². The Hall–Kier alpha value is -0.940. The molecule has 0 saturated carbocycles. The lowest BCUT2D eigenvalue weighted by atomic mass is 10.0. The summed E-state index contributed by atoms with van der Waals surface area (Å²) >= 11 is 7.77. The van der Waals surface area contributed by atoms with Crippen LogP contribution in [0.2, 0.25) is 5.02 Å². The first-order valence-electron chi connectivity index (χ1n) is 5.29. The zero-order valence-corrected chi connectivity index (χ0v) is 12.2. The molecule has 0 unspecified atom stereocenters. The molecule has 92 valence electrons. The molecular weight excluding hydrogens is 366 g/mol. The summed E-state index contributed by atoms with van der Waals surface area (Å²) in [5, 5.41) is 0.331. The number of rotatable bonds is 3. The molecule has 2 aromatic carbocycles. The Labute approximate surface area is 123 Å². The molecule has 18 heavy (non-hydrogen) atoms. The summed E-state index contributed by atoms with van der Waals surface area (Å²) in [4.78, 5) is 12.1. The molecule has 0 aliphatic rings. The van der Waals surface area contributed by atoms with Crippen LogP contribution < -0.4 is 0 Å². The molecule has 0 N–H and O–H groups in total. The summed E-state index contributed by atoms with van der Waals surface area (Å²) in [5.74, 6) is -0.539. The minimum absolute atomic E-state index is 0.0447. The van der Waals surface area contributed by atoms with E-state index in [9.17, 15) is 9.18 Å². The minimum atomic E-state index is -0.443. The van der Waals surface area contributed by atoms with Gasteiger partial charge in [-0.25, -0.2) is 4.39 Å². The van der Waals surface area contributed by atoms with E-state index in [1.54, 1.807) is 24.3 Å². The largest absolute Gasteiger partial charge is 0.294 e. The van der Waals surface area contributed by atoms with Crippen LogP contribution in [-0.4, -0.2) is 5.78 Å². The van der Waals surface area contributed by atoms with Crippen LogP contribution in [0.4, 0.5) is 4.39 Å². The lowest BCUT2D eigenvalue weighted by Gasteiger charge is -2.05. The van der Waals surface area contributed by atoms with Crippen molar-refractivity contribution in [3.63, 3.8) is 0 Å².